The fourth-order valence-corrected chi connectivity index (χ4v) is 2.88. The van der Waals surface area contributed by atoms with Crippen molar-refractivity contribution in [2.45, 2.75) is 26.3 Å². The summed E-state index contributed by atoms with van der Waals surface area (Å²) in [4.78, 5) is 14.9. The first-order chi connectivity index (χ1) is 14.1. The van der Waals surface area contributed by atoms with Gasteiger partial charge in [0.1, 0.15) is 0 Å². The van der Waals surface area contributed by atoms with E-state index in [9.17, 15) is 10.1 Å². The fourth-order valence-electron chi connectivity index (χ4n) is 2.88. The second-order valence-corrected chi connectivity index (χ2v) is 6.26. The molecule has 0 aliphatic heterocycles. The number of guanidine groups is 1. The molecule has 0 bridgehead atoms. The minimum atomic E-state index is -0.376. The number of aliphatic imine (C=N–C) groups is 1. The molecular weight excluding hydrogens is 372 g/mol. The molecule has 0 fully saturated rings. The van der Waals surface area contributed by atoms with E-state index in [1.165, 1.54) is 11.6 Å². The van der Waals surface area contributed by atoms with Gasteiger partial charge in [0.15, 0.2) is 17.5 Å². The van der Waals surface area contributed by atoms with Crippen LogP contribution in [0, 0.1) is 10.1 Å². The van der Waals surface area contributed by atoms with Crippen molar-refractivity contribution in [3.63, 3.8) is 0 Å². The first-order valence-electron chi connectivity index (χ1n) is 9.55. The van der Waals surface area contributed by atoms with Crippen LogP contribution < -0.4 is 20.1 Å². The van der Waals surface area contributed by atoms with Crippen LogP contribution >= 0.6 is 0 Å². The number of benzene rings is 2. The zero-order chi connectivity index (χ0) is 21.1. The first-order valence-corrected chi connectivity index (χ1v) is 9.55. The summed E-state index contributed by atoms with van der Waals surface area (Å²) in [6.07, 6.45) is 1.77. The zero-order valence-corrected chi connectivity index (χ0v) is 17.1. The largest absolute Gasteiger partial charge is 0.493 e. The van der Waals surface area contributed by atoms with Crippen molar-refractivity contribution >= 4 is 11.6 Å². The molecule has 0 saturated carbocycles. The molecule has 2 rings (SSSR count). The van der Waals surface area contributed by atoms with Gasteiger partial charge in [0.2, 0.25) is 0 Å². The molecule has 8 nitrogen and oxygen atoms in total. The second-order valence-electron chi connectivity index (χ2n) is 6.26. The molecule has 0 atom stereocenters. The molecule has 0 unspecified atom stereocenters. The molecule has 0 aromatic heterocycles. The van der Waals surface area contributed by atoms with Crippen molar-refractivity contribution in [2.75, 3.05) is 27.3 Å². The van der Waals surface area contributed by atoms with Crippen LogP contribution in [-0.4, -0.2) is 38.2 Å². The van der Waals surface area contributed by atoms with Crippen molar-refractivity contribution in [3.05, 3.63) is 63.7 Å². The van der Waals surface area contributed by atoms with Gasteiger partial charge in [-0.25, -0.2) is 0 Å². The number of rotatable bonds is 10. The summed E-state index contributed by atoms with van der Waals surface area (Å²) in [5, 5.41) is 17.5. The maximum Gasteiger partial charge on any atom is 0.274 e. The maximum absolute atomic E-state index is 11.1. The molecule has 156 valence electrons. The molecule has 8 heteroatoms. The average Bonchev–Trinajstić information content (AvgIpc) is 2.73. The summed E-state index contributed by atoms with van der Waals surface area (Å²) in [6.45, 7) is 3.57. The molecule has 0 amide bonds. The monoisotopic (exact) mass is 400 g/mol. The molecule has 29 heavy (non-hydrogen) atoms. The lowest BCUT2D eigenvalue weighted by Gasteiger charge is -2.13. The van der Waals surface area contributed by atoms with Crippen molar-refractivity contribution in [1.29, 1.82) is 0 Å². The summed E-state index contributed by atoms with van der Waals surface area (Å²) in [7, 11) is 3.30. The first kappa shape index (κ1) is 22.0. The van der Waals surface area contributed by atoms with Crippen LogP contribution in [0.15, 0.2) is 47.5 Å². The molecule has 0 heterocycles. The predicted octanol–water partition coefficient (Wildman–Crippen LogP) is 3.30. The zero-order valence-electron chi connectivity index (χ0n) is 17.1. The Labute approximate surface area is 171 Å². The second kappa shape index (κ2) is 11.5. The highest BCUT2D eigenvalue weighted by molar-refractivity contribution is 5.79. The van der Waals surface area contributed by atoms with Crippen LogP contribution in [0.4, 0.5) is 5.69 Å². The SMILES string of the molecule is CCOc1cc(CCCNC(=NC)NCc2ccccc2[N+](=O)[O-])ccc1OC. The molecule has 2 N–H and O–H groups in total. The lowest BCUT2D eigenvalue weighted by molar-refractivity contribution is -0.385. The average molecular weight is 400 g/mol. The van der Waals surface area contributed by atoms with Crippen LogP contribution in [0.5, 0.6) is 11.5 Å². The minimum Gasteiger partial charge on any atom is -0.493 e. The van der Waals surface area contributed by atoms with Crippen molar-refractivity contribution < 1.29 is 14.4 Å². The number of hydrogen-bond donors (Lipinski definition) is 2. The number of ether oxygens (including phenoxy) is 2. The molecule has 0 aliphatic rings. The van der Waals surface area contributed by atoms with Gasteiger partial charge >= 0.3 is 0 Å². The molecule has 0 spiro atoms. The van der Waals surface area contributed by atoms with Crippen LogP contribution in [0.2, 0.25) is 0 Å². The summed E-state index contributed by atoms with van der Waals surface area (Å²) < 4.78 is 10.9. The van der Waals surface area contributed by atoms with Crippen LogP contribution in [0.1, 0.15) is 24.5 Å². The lowest BCUT2D eigenvalue weighted by Crippen LogP contribution is -2.37. The fraction of sp³-hybridized carbons (Fsp3) is 0.381. The van der Waals surface area contributed by atoms with Gasteiger partial charge in [-0.05, 0) is 37.5 Å². The minimum absolute atomic E-state index is 0.0973. The van der Waals surface area contributed by atoms with Gasteiger partial charge in [-0.1, -0.05) is 24.3 Å². The standard InChI is InChI=1S/C21H28N4O4/c1-4-29-20-14-16(11-12-19(20)28-3)8-7-13-23-21(22-2)24-15-17-9-5-6-10-18(17)25(26)27/h5-6,9-12,14H,4,7-8,13,15H2,1-3H3,(H2,22,23,24). The Balaban J connectivity index is 1.82. The Bertz CT molecular complexity index is 839. The van der Waals surface area contributed by atoms with Gasteiger partial charge in [0.05, 0.1) is 18.6 Å². The van der Waals surface area contributed by atoms with E-state index >= 15 is 0 Å². The Hall–Kier alpha value is -3.29. The van der Waals surface area contributed by atoms with E-state index in [-0.39, 0.29) is 10.6 Å². The highest BCUT2D eigenvalue weighted by Crippen LogP contribution is 2.28. The Morgan fingerprint density at radius 2 is 1.97 bits per heavy atom. The van der Waals surface area contributed by atoms with E-state index in [0.717, 1.165) is 24.3 Å². The van der Waals surface area contributed by atoms with E-state index in [2.05, 4.69) is 15.6 Å². The third-order valence-corrected chi connectivity index (χ3v) is 4.32. The van der Waals surface area contributed by atoms with Gasteiger partial charge in [-0.15, -0.1) is 0 Å². The molecule has 2 aromatic rings. The van der Waals surface area contributed by atoms with Gasteiger partial charge in [-0.3, -0.25) is 15.1 Å². The third-order valence-electron chi connectivity index (χ3n) is 4.32. The molecule has 0 aliphatic carbocycles. The van der Waals surface area contributed by atoms with E-state index in [1.54, 1.807) is 32.4 Å². The number of hydrogen-bond acceptors (Lipinski definition) is 5. The smallest absolute Gasteiger partial charge is 0.274 e. The Morgan fingerprint density at radius 1 is 1.17 bits per heavy atom. The quantitative estimate of drug-likeness (QED) is 0.209. The van der Waals surface area contributed by atoms with Gasteiger partial charge in [0, 0.05) is 31.8 Å². The third kappa shape index (κ3) is 6.67. The predicted molar refractivity (Wildman–Crippen MR) is 114 cm³/mol. The molecule has 0 saturated heterocycles. The van der Waals surface area contributed by atoms with E-state index in [1.807, 2.05) is 25.1 Å². The number of nitrogens with one attached hydrogen (secondary N) is 2. The summed E-state index contributed by atoms with van der Waals surface area (Å²) in [6, 6.07) is 12.6. The van der Waals surface area contributed by atoms with Crippen LogP contribution in [0.25, 0.3) is 0 Å². The number of nitro benzene ring substituents is 1. The lowest BCUT2D eigenvalue weighted by atomic mass is 10.1. The molecule has 0 radical (unpaired) electrons. The van der Waals surface area contributed by atoms with Crippen molar-refractivity contribution in [1.82, 2.24) is 10.6 Å². The Kier molecular flexibility index (Phi) is 8.75. The number of para-hydroxylation sites is 1. The summed E-state index contributed by atoms with van der Waals surface area (Å²) in [5.74, 6) is 2.09. The number of aryl methyl sites for hydroxylation is 1. The van der Waals surface area contributed by atoms with Crippen molar-refractivity contribution in [2.24, 2.45) is 4.99 Å². The van der Waals surface area contributed by atoms with Gasteiger partial charge in [0.25, 0.3) is 5.69 Å². The normalized spacial score (nSPS) is 11.1. The summed E-state index contributed by atoms with van der Waals surface area (Å²) >= 11 is 0. The highest BCUT2D eigenvalue weighted by atomic mass is 16.6. The highest BCUT2D eigenvalue weighted by Gasteiger charge is 2.12. The number of nitrogens with zero attached hydrogens (tertiary/aromatic N) is 2. The van der Waals surface area contributed by atoms with Crippen LogP contribution in [-0.2, 0) is 13.0 Å². The van der Waals surface area contributed by atoms with E-state index < -0.39 is 0 Å². The topological polar surface area (TPSA) is 98.0 Å². The van der Waals surface area contributed by atoms with Crippen LogP contribution in [0.3, 0.4) is 0 Å². The van der Waals surface area contributed by atoms with E-state index in [4.69, 9.17) is 9.47 Å². The summed E-state index contributed by atoms with van der Waals surface area (Å²) in [5.41, 5.74) is 1.88. The van der Waals surface area contributed by atoms with E-state index in [0.29, 0.717) is 31.2 Å². The number of methoxy groups -OCH3 is 1. The molecule has 2 aromatic carbocycles. The van der Waals surface area contributed by atoms with Crippen molar-refractivity contribution in [3.8, 4) is 11.5 Å². The Morgan fingerprint density at radius 3 is 2.66 bits per heavy atom. The maximum atomic E-state index is 11.1. The van der Waals surface area contributed by atoms with Gasteiger partial charge in [-0.2, -0.15) is 0 Å². The van der Waals surface area contributed by atoms with Gasteiger partial charge < -0.3 is 20.1 Å². The number of nitro groups is 1. The molecular formula is C21H28N4O4.